The van der Waals surface area contributed by atoms with Crippen LogP contribution in [0.3, 0.4) is 0 Å². The van der Waals surface area contributed by atoms with Crippen LogP contribution >= 0.6 is 12.2 Å². The van der Waals surface area contributed by atoms with Crippen molar-refractivity contribution in [1.29, 1.82) is 0 Å². The minimum atomic E-state index is 0.00202. The smallest absolute Gasteiger partial charge is 0.227 e. The van der Waals surface area contributed by atoms with Crippen LogP contribution in [0.5, 0.6) is 0 Å². The van der Waals surface area contributed by atoms with Gasteiger partial charge in [-0.05, 0) is 24.4 Å². The summed E-state index contributed by atoms with van der Waals surface area (Å²) in [6.45, 7) is 0.661. The minimum Gasteiger partial charge on any atom is -0.318 e. The average Bonchev–Trinajstić information content (AvgIpc) is 2.19. The van der Waals surface area contributed by atoms with E-state index in [1.807, 2.05) is 35.2 Å². The van der Waals surface area contributed by atoms with Crippen molar-refractivity contribution in [1.82, 2.24) is 5.32 Å². The summed E-state index contributed by atoms with van der Waals surface area (Å²) < 4.78 is 0. The van der Waals surface area contributed by atoms with Crippen LogP contribution in [0.2, 0.25) is 0 Å². The molecule has 14 heavy (non-hydrogen) atoms. The molecule has 0 radical (unpaired) electrons. The second-order valence-corrected chi connectivity index (χ2v) is 3.48. The number of anilines is 1. The maximum atomic E-state index is 11.0. The zero-order chi connectivity index (χ0) is 9.97. The summed E-state index contributed by atoms with van der Waals surface area (Å²) in [6, 6.07) is 9.81. The summed E-state index contributed by atoms with van der Waals surface area (Å²) in [5, 5.41) is 3.14. The first kappa shape index (κ1) is 9.15. The molecule has 1 saturated heterocycles. The third-order valence-electron chi connectivity index (χ3n) is 2.12. The van der Waals surface area contributed by atoms with Crippen molar-refractivity contribution >= 4 is 28.9 Å². The molecule has 1 aromatic rings. The van der Waals surface area contributed by atoms with Gasteiger partial charge in [0, 0.05) is 18.7 Å². The van der Waals surface area contributed by atoms with Crippen LogP contribution in [0.1, 0.15) is 6.42 Å². The Morgan fingerprint density at radius 3 is 2.64 bits per heavy atom. The van der Waals surface area contributed by atoms with E-state index in [-0.39, 0.29) is 5.91 Å². The molecule has 0 bridgehead atoms. The summed E-state index contributed by atoms with van der Waals surface area (Å²) >= 11 is 5.08. The molecule has 1 fully saturated rings. The number of para-hydroxylation sites is 1. The van der Waals surface area contributed by atoms with Crippen LogP contribution < -0.4 is 10.2 Å². The molecule has 3 nitrogen and oxygen atoms in total. The normalized spacial score (nSPS) is 16.7. The molecule has 4 heteroatoms. The van der Waals surface area contributed by atoms with Gasteiger partial charge in [-0.2, -0.15) is 0 Å². The van der Waals surface area contributed by atoms with Crippen LogP contribution in [-0.4, -0.2) is 17.6 Å². The van der Waals surface area contributed by atoms with E-state index >= 15 is 0 Å². The van der Waals surface area contributed by atoms with Crippen molar-refractivity contribution in [3.8, 4) is 0 Å². The van der Waals surface area contributed by atoms with E-state index in [2.05, 4.69) is 5.32 Å². The number of nitrogens with one attached hydrogen (secondary N) is 1. The van der Waals surface area contributed by atoms with Gasteiger partial charge in [0.25, 0.3) is 0 Å². The molecule has 2 rings (SSSR count). The van der Waals surface area contributed by atoms with Gasteiger partial charge in [0.1, 0.15) is 0 Å². The van der Waals surface area contributed by atoms with Crippen LogP contribution in [0.4, 0.5) is 5.69 Å². The number of thiocarbonyl (C=S) groups is 1. The maximum absolute atomic E-state index is 11.0. The molecular weight excluding hydrogens is 196 g/mol. The molecule has 1 aliphatic rings. The number of benzene rings is 1. The van der Waals surface area contributed by atoms with Crippen LogP contribution in [-0.2, 0) is 4.79 Å². The Bertz CT molecular complexity index is 364. The molecule has 0 saturated carbocycles. The van der Waals surface area contributed by atoms with Gasteiger partial charge in [-0.25, -0.2) is 0 Å². The van der Waals surface area contributed by atoms with E-state index in [1.165, 1.54) is 0 Å². The molecule has 72 valence electrons. The minimum absolute atomic E-state index is 0.00202. The van der Waals surface area contributed by atoms with Gasteiger partial charge in [-0.1, -0.05) is 18.2 Å². The van der Waals surface area contributed by atoms with Crippen LogP contribution in [0.15, 0.2) is 30.3 Å². The summed E-state index contributed by atoms with van der Waals surface area (Å²) in [7, 11) is 0. The van der Waals surface area contributed by atoms with Gasteiger partial charge in [-0.3, -0.25) is 4.79 Å². The van der Waals surface area contributed by atoms with Crippen LogP contribution in [0.25, 0.3) is 0 Å². The molecule has 0 unspecified atom stereocenters. The quantitative estimate of drug-likeness (QED) is 0.703. The van der Waals surface area contributed by atoms with Crippen molar-refractivity contribution in [3.63, 3.8) is 0 Å². The van der Waals surface area contributed by atoms with E-state index in [0.717, 1.165) is 5.69 Å². The molecule has 0 atom stereocenters. The number of carbonyl (C=O) groups excluding carboxylic acids is 1. The lowest BCUT2D eigenvalue weighted by molar-refractivity contribution is -0.119. The molecule has 1 N–H and O–H groups in total. The zero-order valence-corrected chi connectivity index (χ0v) is 8.38. The van der Waals surface area contributed by atoms with Gasteiger partial charge < -0.3 is 10.2 Å². The summed E-state index contributed by atoms with van der Waals surface area (Å²) in [4.78, 5) is 13.0. The van der Waals surface area contributed by atoms with Gasteiger partial charge in [0.2, 0.25) is 5.91 Å². The highest BCUT2D eigenvalue weighted by atomic mass is 32.1. The Morgan fingerprint density at radius 1 is 1.29 bits per heavy atom. The standard InChI is InChI=1S/C10H10N2OS/c13-9-6-7-12(10(14)11-9)8-4-2-1-3-5-8/h1-5H,6-7H2,(H,11,13,14). The molecular formula is C10H10N2OS. The average molecular weight is 206 g/mol. The Kier molecular flexibility index (Phi) is 2.45. The topological polar surface area (TPSA) is 32.3 Å². The number of hydrogen-bond acceptors (Lipinski definition) is 2. The SMILES string of the molecule is O=C1CCN(c2ccccc2)C(=S)N1. The predicted molar refractivity (Wildman–Crippen MR) is 59.1 cm³/mol. The Hall–Kier alpha value is -1.42. The van der Waals surface area contributed by atoms with E-state index < -0.39 is 0 Å². The highest BCUT2D eigenvalue weighted by molar-refractivity contribution is 7.80. The van der Waals surface area contributed by atoms with E-state index in [0.29, 0.717) is 18.1 Å². The monoisotopic (exact) mass is 206 g/mol. The third-order valence-corrected chi connectivity index (χ3v) is 2.44. The Balaban J connectivity index is 2.20. The third kappa shape index (κ3) is 1.75. The van der Waals surface area contributed by atoms with E-state index in [9.17, 15) is 4.79 Å². The summed E-state index contributed by atoms with van der Waals surface area (Å²) in [5.41, 5.74) is 1.03. The zero-order valence-electron chi connectivity index (χ0n) is 7.56. The number of amides is 1. The fourth-order valence-electron chi connectivity index (χ4n) is 1.42. The molecule has 1 aliphatic heterocycles. The number of rotatable bonds is 1. The van der Waals surface area contributed by atoms with Gasteiger partial charge in [0.15, 0.2) is 5.11 Å². The van der Waals surface area contributed by atoms with Crippen molar-refractivity contribution in [3.05, 3.63) is 30.3 Å². The lowest BCUT2D eigenvalue weighted by Crippen LogP contribution is -2.49. The molecule has 0 aromatic heterocycles. The highest BCUT2D eigenvalue weighted by Crippen LogP contribution is 2.15. The first-order valence-electron chi connectivity index (χ1n) is 4.44. The van der Waals surface area contributed by atoms with Crippen molar-refractivity contribution in [2.45, 2.75) is 6.42 Å². The second-order valence-electron chi connectivity index (χ2n) is 3.09. The number of carbonyl (C=O) groups is 1. The fraction of sp³-hybridized carbons (Fsp3) is 0.200. The largest absolute Gasteiger partial charge is 0.318 e. The van der Waals surface area contributed by atoms with Gasteiger partial charge in [-0.15, -0.1) is 0 Å². The number of hydrogen-bond donors (Lipinski definition) is 1. The van der Waals surface area contributed by atoms with E-state index in [4.69, 9.17) is 12.2 Å². The molecule has 1 heterocycles. The van der Waals surface area contributed by atoms with Crippen molar-refractivity contribution in [2.75, 3.05) is 11.4 Å². The molecule has 0 aliphatic carbocycles. The fourth-order valence-corrected chi connectivity index (χ4v) is 1.73. The van der Waals surface area contributed by atoms with Crippen LogP contribution in [0, 0.1) is 0 Å². The Morgan fingerprint density at radius 2 is 2.00 bits per heavy atom. The first-order chi connectivity index (χ1) is 6.77. The molecule has 1 amide bonds. The maximum Gasteiger partial charge on any atom is 0.227 e. The Labute approximate surface area is 87.7 Å². The summed E-state index contributed by atoms with van der Waals surface area (Å²) in [6.07, 6.45) is 0.495. The molecule has 0 spiro atoms. The first-order valence-corrected chi connectivity index (χ1v) is 4.84. The van der Waals surface area contributed by atoms with E-state index in [1.54, 1.807) is 0 Å². The highest BCUT2D eigenvalue weighted by Gasteiger charge is 2.20. The molecule has 1 aromatic carbocycles. The lowest BCUT2D eigenvalue weighted by atomic mass is 10.2. The summed E-state index contributed by atoms with van der Waals surface area (Å²) in [5.74, 6) is 0.00202. The van der Waals surface area contributed by atoms with Gasteiger partial charge in [0.05, 0.1) is 0 Å². The van der Waals surface area contributed by atoms with Gasteiger partial charge >= 0.3 is 0 Å². The van der Waals surface area contributed by atoms with Crippen molar-refractivity contribution < 1.29 is 4.79 Å². The second kappa shape index (κ2) is 3.75. The number of nitrogens with zero attached hydrogens (tertiary/aromatic N) is 1. The lowest BCUT2D eigenvalue weighted by Gasteiger charge is -2.29. The predicted octanol–water partition coefficient (Wildman–Crippen LogP) is 1.30. The van der Waals surface area contributed by atoms with Crippen molar-refractivity contribution in [2.24, 2.45) is 0 Å².